The minimum Gasteiger partial charge on any atom is -0.489 e. The largest absolute Gasteiger partial charge is 0.489 e. The van der Waals surface area contributed by atoms with Crippen molar-refractivity contribution in [3.05, 3.63) is 88.5 Å². The van der Waals surface area contributed by atoms with Gasteiger partial charge in [0.25, 0.3) is 5.91 Å². The molecular weight excluding hydrogens is 406 g/mol. The summed E-state index contributed by atoms with van der Waals surface area (Å²) in [6.45, 7) is 2.31. The number of para-hydroxylation sites is 1. The maximum absolute atomic E-state index is 12.7. The molecule has 4 aromatic rings. The average Bonchev–Trinajstić information content (AvgIpc) is 3.35. The zero-order chi connectivity index (χ0) is 20.9. The fourth-order valence-electron chi connectivity index (χ4n) is 2.80. The molecule has 4 rings (SSSR count). The number of rotatable bonds is 7. The third-order valence-electron chi connectivity index (χ3n) is 4.38. The summed E-state index contributed by atoms with van der Waals surface area (Å²) < 4.78 is 12.5. The Kier molecular flexibility index (Phi) is 5.76. The summed E-state index contributed by atoms with van der Waals surface area (Å²) in [7, 11) is 0. The molecule has 1 amide bonds. The van der Waals surface area contributed by atoms with E-state index in [2.05, 4.69) is 20.6 Å². The molecule has 0 atom stereocenters. The molecule has 152 valence electrons. The lowest BCUT2D eigenvalue weighted by Crippen LogP contribution is -2.16. The molecule has 2 heterocycles. The molecule has 0 saturated heterocycles. The number of carbonyl (C=O) groups is 1. The van der Waals surface area contributed by atoms with Crippen molar-refractivity contribution in [2.45, 2.75) is 20.1 Å². The van der Waals surface area contributed by atoms with E-state index in [4.69, 9.17) is 20.9 Å². The quantitative estimate of drug-likeness (QED) is 0.480. The van der Waals surface area contributed by atoms with Gasteiger partial charge < -0.3 is 9.26 Å². The molecule has 0 spiro atoms. The van der Waals surface area contributed by atoms with Gasteiger partial charge in [-0.1, -0.05) is 53.2 Å². The second kappa shape index (κ2) is 8.79. The van der Waals surface area contributed by atoms with E-state index in [0.717, 1.165) is 5.56 Å². The number of aryl methyl sites for hydroxylation is 1. The molecule has 0 saturated carbocycles. The molecule has 9 heteroatoms. The molecule has 0 unspecified atom stereocenters. The van der Waals surface area contributed by atoms with Gasteiger partial charge in [0.2, 0.25) is 5.95 Å². The Balaban J connectivity index is 1.43. The highest BCUT2D eigenvalue weighted by Gasteiger charge is 2.21. The van der Waals surface area contributed by atoms with Crippen LogP contribution in [0.2, 0.25) is 5.02 Å². The van der Waals surface area contributed by atoms with Crippen LogP contribution < -0.4 is 10.1 Å². The average molecular weight is 424 g/mol. The van der Waals surface area contributed by atoms with Gasteiger partial charge in [0.05, 0.1) is 12.1 Å². The number of halogens is 1. The Hall–Kier alpha value is -3.65. The molecule has 0 bridgehead atoms. The van der Waals surface area contributed by atoms with Crippen LogP contribution in [-0.4, -0.2) is 25.8 Å². The lowest BCUT2D eigenvalue weighted by molar-refractivity contribution is 0.101. The number of hydrogen-bond donors (Lipinski definition) is 1. The zero-order valence-corrected chi connectivity index (χ0v) is 16.8. The predicted octanol–water partition coefficient (Wildman–Crippen LogP) is 4.11. The van der Waals surface area contributed by atoms with Crippen molar-refractivity contribution < 1.29 is 14.1 Å². The normalized spacial score (nSPS) is 10.7. The van der Waals surface area contributed by atoms with E-state index in [1.807, 2.05) is 54.6 Å². The van der Waals surface area contributed by atoms with E-state index in [9.17, 15) is 4.79 Å². The van der Waals surface area contributed by atoms with E-state index in [-0.39, 0.29) is 18.2 Å². The lowest BCUT2D eigenvalue weighted by atomic mass is 10.2. The Morgan fingerprint density at radius 3 is 2.73 bits per heavy atom. The zero-order valence-electron chi connectivity index (χ0n) is 16.1. The Bertz CT molecular complexity index is 1160. The van der Waals surface area contributed by atoms with Crippen LogP contribution in [0.4, 0.5) is 5.95 Å². The van der Waals surface area contributed by atoms with Gasteiger partial charge in [0, 0.05) is 5.02 Å². The van der Waals surface area contributed by atoms with Crippen LogP contribution in [0.3, 0.4) is 0 Å². The summed E-state index contributed by atoms with van der Waals surface area (Å²) in [5.74, 6) is 0.870. The Morgan fingerprint density at radius 1 is 1.17 bits per heavy atom. The van der Waals surface area contributed by atoms with Crippen LogP contribution in [0, 0.1) is 6.92 Å². The molecule has 8 nitrogen and oxygen atoms in total. The van der Waals surface area contributed by atoms with E-state index in [0.29, 0.717) is 28.6 Å². The Labute approximate surface area is 177 Å². The summed E-state index contributed by atoms with van der Waals surface area (Å²) in [5, 5.41) is 11.4. The van der Waals surface area contributed by atoms with E-state index in [1.54, 1.807) is 11.6 Å². The number of ether oxygens (including phenoxy) is 1. The molecule has 0 aliphatic heterocycles. The van der Waals surface area contributed by atoms with Crippen molar-refractivity contribution in [1.82, 2.24) is 19.9 Å². The van der Waals surface area contributed by atoms with Crippen LogP contribution in [0.25, 0.3) is 0 Å². The minimum absolute atomic E-state index is 0.130. The molecule has 0 radical (unpaired) electrons. The number of nitrogens with zero attached hydrogens (tertiary/aromatic N) is 4. The van der Waals surface area contributed by atoms with Gasteiger partial charge >= 0.3 is 0 Å². The summed E-state index contributed by atoms with van der Waals surface area (Å²) in [6, 6.07) is 16.8. The van der Waals surface area contributed by atoms with Gasteiger partial charge in [-0.25, -0.2) is 9.67 Å². The van der Waals surface area contributed by atoms with Gasteiger partial charge in [-0.05, 0) is 30.7 Å². The highest BCUT2D eigenvalue weighted by Crippen LogP contribution is 2.19. The number of benzene rings is 2. The maximum atomic E-state index is 12.7. The van der Waals surface area contributed by atoms with Gasteiger partial charge in [-0.15, -0.1) is 5.10 Å². The third kappa shape index (κ3) is 4.49. The van der Waals surface area contributed by atoms with Gasteiger partial charge in [0.1, 0.15) is 24.4 Å². The molecule has 1 N–H and O–H groups in total. The number of amides is 1. The van der Waals surface area contributed by atoms with Gasteiger partial charge in [0.15, 0.2) is 5.69 Å². The second-order valence-electron chi connectivity index (χ2n) is 6.48. The molecule has 0 fully saturated rings. The van der Waals surface area contributed by atoms with Gasteiger partial charge in [-0.3, -0.25) is 10.1 Å². The number of nitrogens with one attached hydrogen (secondary N) is 1. The summed E-state index contributed by atoms with van der Waals surface area (Å²) in [4.78, 5) is 16.8. The molecular formula is C21H18ClN5O3. The molecule has 2 aromatic carbocycles. The fraction of sp³-hybridized carbons (Fsp3) is 0.143. The highest BCUT2D eigenvalue weighted by molar-refractivity contribution is 6.31. The van der Waals surface area contributed by atoms with Crippen LogP contribution in [0.5, 0.6) is 5.75 Å². The number of aromatic nitrogens is 4. The summed E-state index contributed by atoms with van der Waals surface area (Å²) >= 11 is 6.18. The van der Waals surface area contributed by atoms with Crippen molar-refractivity contribution in [3.63, 3.8) is 0 Å². The fourth-order valence-corrected chi connectivity index (χ4v) is 3.00. The van der Waals surface area contributed by atoms with E-state index in [1.165, 1.54) is 6.33 Å². The van der Waals surface area contributed by atoms with Crippen molar-refractivity contribution in [1.29, 1.82) is 0 Å². The predicted molar refractivity (Wildman–Crippen MR) is 111 cm³/mol. The summed E-state index contributed by atoms with van der Waals surface area (Å²) in [5.41, 5.74) is 1.59. The minimum atomic E-state index is -0.478. The second-order valence-corrected chi connectivity index (χ2v) is 6.89. The monoisotopic (exact) mass is 423 g/mol. The molecule has 0 aliphatic rings. The van der Waals surface area contributed by atoms with Crippen LogP contribution >= 0.6 is 11.6 Å². The first-order chi connectivity index (χ1) is 14.6. The van der Waals surface area contributed by atoms with Crippen molar-refractivity contribution in [3.8, 4) is 5.75 Å². The molecule has 0 aliphatic carbocycles. The van der Waals surface area contributed by atoms with Gasteiger partial charge in [-0.2, -0.15) is 0 Å². The first kappa shape index (κ1) is 19.7. The number of carbonyl (C=O) groups excluding carboxylic acids is 1. The molecule has 30 heavy (non-hydrogen) atoms. The van der Waals surface area contributed by atoms with E-state index < -0.39 is 5.91 Å². The van der Waals surface area contributed by atoms with E-state index >= 15 is 0 Å². The SMILES string of the molecule is Cc1onc(C(=O)Nc2ncn(Cc3ccccc3Cl)n2)c1COc1ccccc1. The van der Waals surface area contributed by atoms with Crippen molar-refractivity contribution in [2.75, 3.05) is 5.32 Å². The van der Waals surface area contributed by atoms with Crippen molar-refractivity contribution in [2.24, 2.45) is 0 Å². The van der Waals surface area contributed by atoms with Crippen LogP contribution in [-0.2, 0) is 13.2 Å². The maximum Gasteiger partial charge on any atom is 0.280 e. The first-order valence-corrected chi connectivity index (χ1v) is 9.55. The lowest BCUT2D eigenvalue weighted by Gasteiger charge is -2.06. The first-order valence-electron chi connectivity index (χ1n) is 9.17. The standard InChI is InChI=1S/C21H18ClN5O3/c1-14-17(12-29-16-8-3-2-4-9-16)19(26-30-14)20(28)24-21-23-13-27(25-21)11-15-7-5-6-10-18(15)22/h2-10,13H,11-12H2,1H3,(H,24,25,28). The molecule has 2 aromatic heterocycles. The van der Waals surface area contributed by atoms with Crippen LogP contribution in [0.15, 0.2) is 65.4 Å². The topological polar surface area (TPSA) is 95.1 Å². The third-order valence-corrected chi connectivity index (χ3v) is 4.75. The highest BCUT2D eigenvalue weighted by atomic mass is 35.5. The smallest absolute Gasteiger partial charge is 0.280 e. The summed E-state index contributed by atoms with van der Waals surface area (Å²) in [6.07, 6.45) is 1.52. The number of anilines is 1. The van der Waals surface area contributed by atoms with Crippen molar-refractivity contribution >= 4 is 23.5 Å². The van der Waals surface area contributed by atoms with Crippen LogP contribution in [0.1, 0.15) is 27.4 Å². The number of hydrogen-bond acceptors (Lipinski definition) is 6. The Morgan fingerprint density at radius 2 is 1.93 bits per heavy atom.